The van der Waals surface area contributed by atoms with Crippen molar-refractivity contribution in [3.63, 3.8) is 0 Å². The molecule has 0 radical (unpaired) electrons. The SMILES string of the molecule is COc1ccc(NC(=O)c2ccc(-n3cc(Br)cn3)cc2)cc1Cl. The highest BCUT2D eigenvalue weighted by Gasteiger charge is 2.09. The van der Waals surface area contributed by atoms with E-state index in [-0.39, 0.29) is 5.91 Å². The molecule has 5 nitrogen and oxygen atoms in total. The molecule has 0 fully saturated rings. The quantitative estimate of drug-likeness (QED) is 0.691. The number of amides is 1. The van der Waals surface area contributed by atoms with Gasteiger partial charge in [-0.15, -0.1) is 0 Å². The van der Waals surface area contributed by atoms with Crippen LogP contribution in [0.4, 0.5) is 5.69 Å². The number of carbonyl (C=O) groups is 1. The Kier molecular flexibility index (Phi) is 4.87. The first-order valence-corrected chi connectivity index (χ1v) is 8.19. The summed E-state index contributed by atoms with van der Waals surface area (Å²) in [5.74, 6) is 0.342. The molecule has 1 heterocycles. The molecule has 0 spiro atoms. The van der Waals surface area contributed by atoms with E-state index in [0.29, 0.717) is 22.0 Å². The molecule has 0 unspecified atom stereocenters. The van der Waals surface area contributed by atoms with Gasteiger partial charge in [-0.2, -0.15) is 5.10 Å². The maximum atomic E-state index is 12.3. The van der Waals surface area contributed by atoms with E-state index >= 15 is 0 Å². The number of aromatic nitrogens is 2. The molecule has 0 saturated heterocycles. The Hall–Kier alpha value is -2.31. The lowest BCUT2D eigenvalue weighted by atomic mass is 10.2. The third-order valence-corrected chi connectivity index (χ3v) is 4.06. The molecule has 1 amide bonds. The Labute approximate surface area is 152 Å². The fraction of sp³-hybridized carbons (Fsp3) is 0.0588. The minimum absolute atomic E-state index is 0.218. The number of benzene rings is 2. The van der Waals surface area contributed by atoms with Crippen molar-refractivity contribution in [3.8, 4) is 11.4 Å². The molecule has 1 N–H and O–H groups in total. The predicted molar refractivity (Wildman–Crippen MR) is 97.2 cm³/mol. The number of methoxy groups -OCH3 is 1. The van der Waals surface area contributed by atoms with Crippen LogP contribution in [-0.2, 0) is 0 Å². The highest BCUT2D eigenvalue weighted by Crippen LogP contribution is 2.27. The zero-order chi connectivity index (χ0) is 17.1. The average Bonchev–Trinajstić information content (AvgIpc) is 3.02. The molecule has 0 aliphatic rings. The maximum Gasteiger partial charge on any atom is 0.255 e. The Morgan fingerprint density at radius 1 is 1.25 bits per heavy atom. The second kappa shape index (κ2) is 7.07. The molecule has 122 valence electrons. The summed E-state index contributed by atoms with van der Waals surface area (Å²) >= 11 is 9.41. The number of carbonyl (C=O) groups excluding carboxylic acids is 1. The lowest BCUT2D eigenvalue weighted by Crippen LogP contribution is -2.12. The minimum atomic E-state index is -0.218. The van der Waals surface area contributed by atoms with E-state index in [2.05, 4.69) is 26.3 Å². The van der Waals surface area contributed by atoms with Crippen LogP contribution in [0.5, 0.6) is 5.75 Å². The van der Waals surface area contributed by atoms with Crippen LogP contribution >= 0.6 is 27.5 Å². The van der Waals surface area contributed by atoms with Gasteiger partial charge in [0.05, 0.1) is 28.5 Å². The van der Waals surface area contributed by atoms with Crippen molar-refractivity contribution in [3.05, 3.63) is 69.9 Å². The number of nitrogens with zero attached hydrogens (tertiary/aromatic N) is 2. The van der Waals surface area contributed by atoms with E-state index in [4.69, 9.17) is 16.3 Å². The molecule has 0 aliphatic carbocycles. The standard InChI is InChI=1S/C17H13BrClN3O2/c1-24-16-7-4-13(8-15(16)19)21-17(23)11-2-5-14(6-3-11)22-10-12(18)9-20-22/h2-10H,1H3,(H,21,23). The van der Waals surface area contributed by atoms with Gasteiger partial charge in [-0.05, 0) is 58.4 Å². The minimum Gasteiger partial charge on any atom is -0.495 e. The van der Waals surface area contributed by atoms with Crippen LogP contribution in [0.3, 0.4) is 0 Å². The van der Waals surface area contributed by atoms with Gasteiger partial charge >= 0.3 is 0 Å². The van der Waals surface area contributed by atoms with Gasteiger partial charge in [0.2, 0.25) is 0 Å². The van der Waals surface area contributed by atoms with Gasteiger partial charge in [-0.1, -0.05) is 11.6 Å². The highest BCUT2D eigenvalue weighted by molar-refractivity contribution is 9.10. The first kappa shape index (κ1) is 16.5. The molecular weight excluding hydrogens is 394 g/mol. The predicted octanol–water partition coefficient (Wildman–Crippen LogP) is 4.55. The molecule has 1 aromatic heterocycles. The van der Waals surface area contributed by atoms with Crippen molar-refractivity contribution in [2.45, 2.75) is 0 Å². The van der Waals surface area contributed by atoms with Crippen molar-refractivity contribution >= 4 is 39.1 Å². The van der Waals surface area contributed by atoms with Gasteiger partial charge in [-0.3, -0.25) is 4.79 Å². The molecule has 0 bridgehead atoms. The summed E-state index contributed by atoms with van der Waals surface area (Å²) in [5, 5.41) is 7.44. The summed E-state index contributed by atoms with van der Waals surface area (Å²) in [4.78, 5) is 12.3. The molecule has 0 atom stereocenters. The number of nitrogens with one attached hydrogen (secondary N) is 1. The zero-order valence-electron chi connectivity index (χ0n) is 12.7. The topological polar surface area (TPSA) is 56.1 Å². The van der Waals surface area contributed by atoms with E-state index in [0.717, 1.165) is 10.2 Å². The van der Waals surface area contributed by atoms with Gasteiger partial charge in [0, 0.05) is 17.4 Å². The Bertz CT molecular complexity index is 878. The number of anilines is 1. The third-order valence-electron chi connectivity index (χ3n) is 3.35. The van der Waals surface area contributed by atoms with Crippen LogP contribution in [0.1, 0.15) is 10.4 Å². The smallest absolute Gasteiger partial charge is 0.255 e. The molecule has 0 aliphatic heterocycles. The van der Waals surface area contributed by atoms with E-state index in [9.17, 15) is 4.79 Å². The second-order valence-corrected chi connectivity index (χ2v) is 6.28. The largest absolute Gasteiger partial charge is 0.495 e. The van der Waals surface area contributed by atoms with E-state index < -0.39 is 0 Å². The number of rotatable bonds is 4. The molecule has 3 aromatic rings. The van der Waals surface area contributed by atoms with Gasteiger partial charge in [0.15, 0.2) is 0 Å². The van der Waals surface area contributed by atoms with Crippen LogP contribution in [0.15, 0.2) is 59.3 Å². The Morgan fingerprint density at radius 3 is 2.58 bits per heavy atom. The average molecular weight is 407 g/mol. The Morgan fingerprint density at radius 2 is 2.00 bits per heavy atom. The number of ether oxygens (including phenoxy) is 1. The lowest BCUT2D eigenvalue weighted by Gasteiger charge is -2.08. The van der Waals surface area contributed by atoms with E-state index in [1.165, 1.54) is 0 Å². The second-order valence-electron chi connectivity index (χ2n) is 4.95. The first-order chi connectivity index (χ1) is 11.6. The van der Waals surface area contributed by atoms with Crippen molar-refractivity contribution in [2.75, 3.05) is 12.4 Å². The maximum absolute atomic E-state index is 12.3. The van der Waals surface area contributed by atoms with Crippen LogP contribution in [0.2, 0.25) is 5.02 Å². The third kappa shape index (κ3) is 3.60. The van der Waals surface area contributed by atoms with Crippen molar-refractivity contribution in [1.29, 1.82) is 0 Å². The summed E-state index contributed by atoms with van der Waals surface area (Å²) in [7, 11) is 1.54. The van der Waals surface area contributed by atoms with Crippen molar-refractivity contribution < 1.29 is 9.53 Å². The molecular formula is C17H13BrClN3O2. The normalized spacial score (nSPS) is 10.5. The molecule has 0 saturated carbocycles. The highest BCUT2D eigenvalue weighted by atomic mass is 79.9. The number of hydrogen-bond donors (Lipinski definition) is 1. The molecule has 7 heteroatoms. The van der Waals surface area contributed by atoms with Gasteiger partial charge < -0.3 is 10.1 Å². The lowest BCUT2D eigenvalue weighted by molar-refractivity contribution is 0.102. The zero-order valence-corrected chi connectivity index (χ0v) is 15.0. The van der Waals surface area contributed by atoms with Crippen LogP contribution < -0.4 is 10.1 Å². The van der Waals surface area contributed by atoms with Crippen LogP contribution in [-0.4, -0.2) is 22.8 Å². The molecule has 24 heavy (non-hydrogen) atoms. The first-order valence-electron chi connectivity index (χ1n) is 7.02. The summed E-state index contributed by atoms with van der Waals surface area (Å²) in [6.45, 7) is 0. The summed E-state index contributed by atoms with van der Waals surface area (Å²) in [6.07, 6.45) is 3.54. The summed E-state index contributed by atoms with van der Waals surface area (Å²) in [6, 6.07) is 12.2. The van der Waals surface area contributed by atoms with Gasteiger partial charge in [0.25, 0.3) is 5.91 Å². The van der Waals surface area contributed by atoms with Gasteiger partial charge in [0.1, 0.15) is 5.75 Å². The molecule has 3 rings (SSSR count). The van der Waals surface area contributed by atoms with Gasteiger partial charge in [-0.25, -0.2) is 4.68 Å². The fourth-order valence-electron chi connectivity index (χ4n) is 2.15. The fourth-order valence-corrected chi connectivity index (χ4v) is 2.70. The summed E-state index contributed by atoms with van der Waals surface area (Å²) < 4.78 is 7.70. The molecule has 2 aromatic carbocycles. The van der Waals surface area contributed by atoms with Crippen LogP contribution in [0.25, 0.3) is 5.69 Å². The van der Waals surface area contributed by atoms with Crippen molar-refractivity contribution in [2.24, 2.45) is 0 Å². The van der Waals surface area contributed by atoms with Crippen molar-refractivity contribution in [1.82, 2.24) is 9.78 Å². The monoisotopic (exact) mass is 405 g/mol. The van der Waals surface area contributed by atoms with E-state index in [1.807, 2.05) is 18.3 Å². The van der Waals surface area contributed by atoms with E-state index in [1.54, 1.807) is 48.3 Å². The summed E-state index contributed by atoms with van der Waals surface area (Å²) in [5.41, 5.74) is 2.01. The van der Waals surface area contributed by atoms with Crippen LogP contribution in [0, 0.1) is 0 Å². The number of halogens is 2. The number of hydrogen-bond acceptors (Lipinski definition) is 3. The Balaban J connectivity index is 1.74.